The minimum absolute atomic E-state index is 0.0729. The first-order chi connectivity index (χ1) is 8.47. The summed E-state index contributed by atoms with van der Waals surface area (Å²) in [4.78, 5) is 25.3. The molecule has 0 spiro atoms. The highest BCUT2D eigenvalue weighted by Gasteiger charge is 2.23. The molecule has 1 heterocycles. The zero-order valence-corrected chi connectivity index (χ0v) is 11.5. The molecule has 1 unspecified atom stereocenters. The van der Waals surface area contributed by atoms with Crippen molar-refractivity contribution in [3.63, 3.8) is 0 Å². The van der Waals surface area contributed by atoms with E-state index in [9.17, 15) is 9.59 Å². The Kier molecular flexibility index (Phi) is 5.15. The largest absolute Gasteiger partial charge is 0.480 e. The number of amides is 2. The van der Waals surface area contributed by atoms with Crippen LogP contribution in [0.4, 0.5) is 4.79 Å². The van der Waals surface area contributed by atoms with Crippen LogP contribution in [0.5, 0.6) is 0 Å². The molecular weight excluding hydrogens is 252 g/mol. The molecule has 0 aliphatic rings. The molecule has 0 fully saturated rings. The third-order valence-electron chi connectivity index (χ3n) is 2.86. The van der Waals surface area contributed by atoms with E-state index in [1.165, 1.54) is 4.90 Å². The van der Waals surface area contributed by atoms with Crippen LogP contribution in [0.25, 0.3) is 0 Å². The molecule has 5 nitrogen and oxygen atoms in total. The van der Waals surface area contributed by atoms with E-state index in [0.717, 1.165) is 4.88 Å². The van der Waals surface area contributed by atoms with E-state index in [4.69, 9.17) is 5.11 Å². The number of hydrogen-bond acceptors (Lipinski definition) is 3. The van der Waals surface area contributed by atoms with Crippen LogP contribution < -0.4 is 5.32 Å². The van der Waals surface area contributed by atoms with Gasteiger partial charge in [0, 0.05) is 11.9 Å². The first-order valence-corrected chi connectivity index (χ1v) is 6.64. The van der Waals surface area contributed by atoms with Crippen molar-refractivity contribution >= 4 is 23.3 Å². The molecule has 6 heteroatoms. The normalized spacial score (nSPS) is 13.7. The fourth-order valence-electron chi connectivity index (χ4n) is 1.49. The molecule has 2 N–H and O–H groups in total. The van der Waals surface area contributed by atoms with E-state index in [1.807, 2.05) is 24.4 Å². The van der Waals surface area contributed by atoms with Crippen molar-refractivity contribution < 1.29 is 14.7 Å². The number of nitrogens with one attached hydrogen (secondary N) is 1. The number of carbonyl (C=O) groups excluding carboxylic acids is 1. The molecule has 0 aromatic carbocycles. The monoisotopic (exact) mass is 270 g/mol. The van der Waals surface area contributed by atoms with E-state index in [1.54, 1.807) is 25.3 Å². The summed E-state index contributed by atoms with van der Waals surface area (Å²) >= 11 is 1.57. The number of thiophene rings is 1. The van der Waals surface area contributed by atoms with Gasteiger partial charge in [0.25, 0.3) is 0 Å². The summed E-state index contributed by atoms with van der Waals surface area (Å²) in [7, 11) is 1.66. The second-order valence-corrected chi connectivity index (χ2v) is 5.03. The summed E-state index contributed by atoms with van der Waals surface area (Å²) in [6.07, 6.45) is 0.363. The molecule has 0 saturated heterocycles. The number of urea groups is 1. The standard InChI is InChI=1S/C12H18N2O3S/c1-4-9(11(15)16)13-12(17)14(3)8(2)10-6-5-7-18-10/h5-9H,4H2,1-3H3,(H,13,17)(H,15,16)/t8?,9-/m0/s1. The maximum absolute atomic E-state index is 11.9. The highest BCUT2D eigenvalue weighted by molar-refractivity contribution is 7.10. The van der Waals surface area contributed by atoms with Crippen molar-refractivity contribution in [2.45, 2.75) is 32.4 Å². The molecule has 1 rings (SSSR count). The summed E-state index contributed by atoms with van der Waals surface area (Å²) in [5, 5.41) is 13.3. The van der Waals surface area contributed by atoms with Crippen molar-refractivity contribution in [1.29, 1.82) is 0 Å². The summed E-state index contributed by atoms with van der Waals surface area (Å²) < 4.78 is 0. The van der Waals surface area contributed by atoms with Crippen LogP contribution in [0.2, 0.25) is 0 Å². The van der Waals surface area contributed by atoms with Gasteiger partial charge in [0.15, 0.2) is 0 Å². The predicted molar refractivity (Wildman–Crippen MR) is 70.7 cm³/mol. The molecular formula is C12H18N2O3S. The first-order valence-electron chi connectivity index (χ1n) is 5.76. The van der Waals surface area contributed by atoms with Crippen molar-refractivity contribution in [3.8, 4) is 0 Å². The van der Waals surface area contributed by atoms with Crippen LogP contribution in [-0.4, -0.2) is 35.1 Å². The van der Waals surface area contributed by atoms with E-state index < -0.39 is 12.0 Å². The van der Waals surface area contributed by atoms with Crippen LogP contribution >= 0.6 is 11.3 Å². The smallest absolute Gasteiger partial charge is 0.326 e. The minimum Gasteiger partial charge on any atom is -0.480 e. The van der Waals surface area contributed by atoms with E-state index in [-0.39, 0.29) is 12.1 Å². The highest BCUT2D eigenvalue weighted by Crippen LogP contribution is 2.23. The Morgan fingerprint density at radius 2 is 2.22 bits per heavy atom. The fourth-order valence-corrected chi connectivity index (χ4v) is 2.31. The van der Waals surface area contributed by atoms with Gasteiger partial charge in [0.2, 0.25) is 0 Å². The van der Waals surface area contributed by atoms with Gasteiger partial charge in [0.1, 0.15) is 6.04 Å². The number of carboxylic acid groups (broad SMARTS) is 1. The fraction of sp³-hybridized carbons (Fsp3) is 0.500. The lowest BCUT2D eigenvalue weighted by Gasteiger charge is -2.26. The lowest BCUT2D eigenvalue weighted by molar-refractivity contribution is -0.139. The summed E-state index contributed by atoms with van der Waals surface area (Å²) in [6, 6.07) is 2.60. The van der Waals surface area contributed by atoms with Crippen molar-refractivity contribution in [1.82, 2.24) is 10.2 Å². The first kappa shape index (κ1) is 14.5. The second kappa shape index (κ2) is 6.39. The van der Waals surface area contributed by atoms with Gasteiger partial charge in [-0.15, -0.1) is 11.3 Å². The lowest BCUT2D eigenvalue weighted by Crippen LogP contribution is -2.46. The Morgan fingerprint density at radius 3 is 2.67 bits per heavy atom. The van der Waals surface area contributed by atoms with Gasteiger partial charge in [-0.3, -0.25) is 0 Å². The molecule has 2 amide bonds. The second-order valence-electron chi connectivity index (χ2n) is 4.05. The van der Waals surface area contributed by atoms with Crippen molar-refractivity contribution in [3.05, 3.63) is 22.4 Å². The SMILES string of the molecule is CC[C@H](NC(=O)N(C)C(C)c1cccs1)C(=O)O. The Balaban J connectivity index is 2.64. The molecule has 2 atom stereocenters. The van der Waals surface area contributed by atoms with Crippen LogP contribution in [0.3, 0.4) is 0 Å². The zero-order valence-electron chi connectivity index (χ0n) is 10.7. The summed E-state index contributed by atoms with van der Waals surface area (Å²) in [6.45, 7) is 3.63. The molecule has 18 heavy (non-hydrogen) atoms. The molecule has 100 valence electrons. The minimum atomic E-state index is -1.01. The zero-order chi connectivity index (χ0) is 13.7. The molecule has 1 aromatic rings. The number of hydrogen-bond donors (Lipinski definition) is 2. The Labute approximate surface area is 110 Å². The van der Waals surface area contributed by atoms with Gasteiger partial charge in [-0.2, -0.15) is 0 Å². The topological polar surface area (TPSA) is 69.6 Å². The third kappa shape index (κ3) is 3.46. The Bertz CT molecular complexity index is 405. The molecule has 0 radical (unpaired) electrons. The van der Waals surface area contributed by atoms with Crippen LogP contribution in [-0.2, 0) is 4.79 Å². The Hall–Kier alpha value is -1.56. The summed E-state index contributed by atoms with van der Waals surface area (Å²) in [5.41, 5.74) is 0. The van der Waals surface area contributed by atoms with E-state index in [0.29, 0.717) is 6.42 Å². The average molecular weight is 270 g/mol. The van der Waals surface area contributed by atoms with Gasteiger partial charge in [-0.25, -0.2) is 9.59 Å². The van der Waals surface area contributed by atoms with Gasteiger partial charge in [0.05, 0.1) is 6.04 Å². The van der Waals surface area contributed by atoms with Gasteiger partial charge in [-0.05, 0) is 24.8 Å². The number of nitrogens with zero attached hydrogens (tertiary/aromatic N) is 1. The van der Waals surface area contributed by atoms with Gasteiger partial charge in [-0.1, -0.05) is 13.0 Å². The van der Waals surface area contributed by atoms with Crippen molar-refractivity contribution in [2.24, 2.45) is 0 Å². The lowest BCUT2D eigenvalue weighted by atomic mass is 10.2. The van der Waals surface area contributed by atoms with Gasteiger partial charge < -0.3 is 15.3 Å². The molecule has 0 saturated carbocycles. The number of carbonyl (C=O) groups is 2. The average Bonchev–Trinajstić information content (AvgIpc) is 2.86. The quantitative estimate of drug-likeness (QED) is 0.862. The van der Waals surface area contributed by atoms with Crippen molar-refractivity contribution in [2.75, 3.05) is 7.05 Å². The third-order valence-corrected chi connectivity index (χ3v) is 3.90. The van der Waals surface area contributed by atoms with Crippen LogP contribution in [0.1, 0.15) is 31.2 Å². The number of rotatable bonds is 5. The molecule has 0 aliphatic carbocycles. The maximum Gasteiger partial charge on any atom is 0.326 e. The van der Waals surface area contributed by atoms with E-state index in [2.05, 4.69) is 5.32 Å². The molecule has 0 bridgehead atoms. The Morgan fingerprint density at radius 1 is 1.56 bits per heavy atom. The number of aliphatic carboxylic acids is 1. The maximum atomic E-state index is 11.9. The van der Waals surface area contributed by atoms with Gasteiger partial charge >= 0.3 is 12.0 Å². The van der Waals surface area contributed by atoms with Crippen LogP contribution in [0, 0.1) is 0 Å². The van der Waals surface area contributed by atoms with Crippen LogP contribution in [0.15, 0.2) is 17.5 Å². The number of carboxylic acids is 1. The molecule has 0 aliphatic heterocycles. The predicted octanol–water partition coefficient (Wildman–Crippen LogP) is 2.31. The van der Waals surface area contributed by atoms with E-state index >= 15 is 0 Å². The summed E-state index contributed by atoms with van der Waals surface area (Å²) in [5.74, 6) is -1.01. The highest BCUT2D eigenvalue weighted by atomic mass is 32.1. The molecule has 1 aromatic heterocycles.